The third-order valence-corrected chi connectivity index (χ3v) is 2.06. The summed E-state index contributed by atoms with van der Waals surface area (Å²) in [5.74, 6) is 0. The number of nitriles is 1. The van der Waals surface area contributed by atoms with Gasteiger partial charge in [-0.3, -0.25) is 0 Å². The first-order valence-corrected chi connectivity index (χ1v) is 5.35. The van der Waals surface area contributed by atoms with Crippen molar-refractivity contribution in [2.75, 3.05) is 6.61 Å². The highest BCUT2D eigenvalue weighted by Gasteiger charge is 2.28. The van der Waals surface area contributed by atoms with Gasteiger partial charge < -0.3 is 9.47 Å². The topological polar surface area (TPSA) is 59.3 Å². The van der Waals surface area contributed by atoms with E-state index >= 15 is 0 Å². The van der Waals surface area contributed by atoms with Gasteiger partial charge in [0, 0.05) is 6.42 Å². The summed E-state index contributed by atoms with van der Waals surface area (Å²) in [5, 5.41) is 8.92. The van der Waals surface area contributed by atoms with Gasteiger partial charge in [-0.25, -0.2) is 4.79 Å². The minimum Gasteiger partial charge on any atom is -0.435 e. The first-order chi connectivity index (χ1) is 7.08. The van der Waals surface area contributed by atoms with Crippen molar-refractivity contribution in [3.8, 4) is 6.07 Å². The van der Waals surface area contributed by atoms with Crippen molar-refractivity contribution in [1.82, 2.24) is 0 Å². The number of rotatable bonds is 6. The van der Waals surface area contributed by atoms with Gasteiger partial charge >= 0.3 is 6.16 Å². The average Bonchev–Trinajstić information content (AvgIpc) is 2.18. The molecule has 0 bridgehead atoms. The molecule has 0 rings (SSSR count). The van der Waals surface area contributed by atoms with E-state index in [1.54, 1.807) is 13.8 Å². The van der Waals surface area contributed by atoms with Crippen molar-refractivity contribution in [2.45, 2.75) is 52.1 Å². The zero-order chi connectivity index (χ0) is 11.7. The predicted octanol–water partition coefficient (Wildman–Crippen LogP) is 3.02. The second-order valence-corrected chi connectivity index (χ2v) is 3.58. The Balaban J connectivity index is 4.07. The van der Waals surface area contributed by atoms with Crippen LogP contribution in [0.3, 0.4) is 0 Å². The molecular weight excluding hydrogens is 194 g/mol. The molecule has 86 valence electrons. The minimum atomic E-state index is -1.05. The Hall–Kier alpha value is -1.24. The van der Waals surface area contributed by atoms with Crippen LogP contribution in [0.15, 0.2) is 0 Å². The maximum atomic E-state index is 11.1. The van der Waals surface area contributed by atoms with Crippen molar-refractivity contribution in [3.63, 3.8) is 0 Å². The molecular formula is C11H19NO3. The summed E-state index contributed by atoms with van der Waals surface area (Å²) in [5.41, 5.74) is -1.05. The molecule has 0 aromatic carbocycles. The molecule has 0 aromatic rings. The monoisotopic (exact) mass is 213 g/mol. The molecule has 0 radical (unpaired) electrons. The maximum absolute atomic E-state index is 11.1. The van der Waals surface area contributed by atoms with Gasteiger partial charge in [-0.05, 0) is 20.3 Å². The highest BCUT2D eigenvalue weighted by Crippen LogP contribution is 2.19. The fourth-order valence-electron chi connectivity index (χ4n) is 1.17. The highest BCUT2D eigenvalue weighted by atomic mass is 16.7. The predicted molar refractivity (Wildman–Crippen MR) is 56.3 cm³/mol. The maximum Gasteiger partial charge on any atom is 0.509 e. The first-order valence-electron chi connectivity index (χ1n) is 5.35. The fourth-order valence-corrected chi connectivity index (χ4v) is 1.17. The van der Waals surface area contributed by atoms with E-state index < -0.39 is 11.8 Å². The summed E-state index contributed by atoms with van der Waals surface area (Å²) in [6.07, 6.45) is 2.76. The number of hydrogen-bond acceptors (Lipinski definition) is 4. The van der Waals surface area contributed by atoms with Gasteiger partial charge in [0.1, 0.15) is 6.07 Å². The number of carbonyl (C=O) groups excluding carboxylic acids is 1. The Bertz CT molecular complexity index is 234. The molecule has 0 unspecified atom stereocenters. The van der Waals surface area contributed by atoms with E-state index in [1.807, 2.05) is 6.07 Å². The molecule has 0 spiro atoms. The lowest BCUT2D eigenvalue weighted by atomic mass is 10.00. The number of hydrogen-bond donors (Lipinski definition) is 0. The normalized spacial score (nSPS) is 13.7. The van der Waals surface area contributed by atoms with Gasteiger partial charge in [0.2, 0.25) is 0 Å². The number of carbonyl (C=O) groups is 1. The second kappa shape index (κ2) is 7.10. The Morgan fingerprint density at radius 3 is 2.53 bits per heavy atom. The summed E-state index contributed by atoms with van der Waals surface area (Å²) in [7, 11) is 0. The lowest BCUT2D eigenvalue weighted by molar-refractivity contribution is -0.000961. The molecule has 0 aliphatic heterocycles. The van der Waals surface area contributed by atoms with Crippen molar-refractivity contribution >= 4 is 6.16 Å². The van der Waals surface area contributed by atoms with E-state index in [2.05, 4.69) is 11.7 Å². The van der Waals surface area contributed by atoms with Gasteiger partial charge in [-0.2, -0.15) is 5.26 Å². The molecule has 0 fully saturated rings. The molecule has 4 heteroatoms. The summed E-state index contributed by atoms with van der Waals surface area (Å²) in [6.45, 7) is 5.65. The van der Waals surface area contributed by atoms with Crippen LogP contribution in [-0.4, -0.2) is 18.4 Å². The molecule has 0 saturated heterocycles. The van der Waals surface area contributed by atoms with E-state index in [4.69, 9.17) is 10.00 Å². The average molecular weight is 213 g/mol. The molecule has 0 aliphatic rings. The molecule has 1 atom stereocenters. The van der Waals surface area contributed by atoms with Gasteiger partial charge in [-0.1, -0.05) is 19.8 Å². The van der Waals surface area contributed by atoms with Crippen molar-refractivity contribution in [1.29, 1.82) is 5.26 Å². The SMILES string of the molecule is CCCCC[C@@](C)(C#N)OC(=O)OCC. The Kier molecular flexibility index (Phi) is 6.52. The van der Waals surface area contributed by atoms with Crippen molar-refractivity contribution in [2.24, 2.45) is 0 Å². The minimum absolute atomic E-state index is 0.259. The van der Waals surface area contributed by atoms with Crippen LogP contribution in [0.4, 0.5) is 4.79 Å². The first kappa shape index (κ1) is 13.8. The summed E-state index contributed by atoms with van der Waals surface area (Å²) in [6, 6.07) is 2.00. The molecule has 0 aromatic heterocycles. The quantitative estimate of drug-likeness (QED) is 0.502. The van der Waals surface area contributed by atoms with Crippen LogP contribution in [0.1, 0.15) is 46.5 Å². The van der Waals surface area contributed by atoms with E-state index in [9.17, 15) is 4.79 Å². The Morgan fingerprint density at radius 1 is 1.40 bits per heavy atom. The van der Waals surface area contributed by atoms with Gasteiger partial charge in [0.25, 0.3) is 0 Å². The standard InChI is InChI=1S/C11H19NO3/c1-4-6-7-8-11(3,9-12)15-10(13)14-5-2/h4-8H2,1-3H3/t11-/m0/s1. The van der Waals surface area contributed by atoms with Crippen LogP contribution in [-0.2, 0) is 9.47 Å². The van der Waals surface area contributed by atoms with Crippen molar-refractivity contribution < 1.29 is 14.3 Å². The van der Waals surface area contributed by atoms with Crippen LogP contribution >= 0.6 is 0 Å². The smallest absolute Gasteiger partial charge is 0.435 e. The zero-order valence-electron chi connectivity index (χ0n) is 9.71. The fraction of sp³-hybridized carbons (Fsp3) is 0.818. The van der Waals surface area contributed by atoms with Gasteiger partial charge in [0.15, 0.2) is 5.60 Å². The molecule has 15 heavy (non-hydrogen) atoms. The van der Waals surface area contributed by atoms with E-state index in [-0.39, 0.29) is 6.61 Å². The van der Waals surface area contributed by atoms with Gasteiger partial charge in [0.05, 0.1) is 6.61 Å². The number of nitrogens with zero attached hydrogens (tertiary/aromatic N) is 1. The molecule has 0 heterocycles. The number of unbranched alkanes of at least 4 members (excludes halogenated alkanes) is 2. The largest absolute Gasteiger partial charge is 0.509 e. The van der Waals surface area contributed by atoms with Crippen molar-refractivity contribution in [3.05, 3.63) is 0 Å². The van der Waals surface area contributed by atoms with Crippen LogP contribution in [0.5, 0.6) is 0 Å². The lowest BCUT2D eigenvalue weighted by Crippen LogP contribution is -2.30. The van der Waals surface area contributed by atoms with Crippen LogP contribution < -0.4 is 0 Å². The third kappa shape index (κ3) is 5.95. The summed E-state index contributed by atoms with van der Waals surface area (Å²) in [4.78, 5) is 11.1. The van der Waals surface area contributed by atoms with E-state index in [0.717, 1.165) is 19.3 Å². The van der Waals surface area contributed by atoms with Crippen LogP contribution in [0.2, 0.25) is 0 Å². The second-order valence-electron chi connectivity index (χ2n) is 3.58. The molecule has 0 amide bonds. The molecule has 0 N–H and O–H groups in total. The molecule has 0 saturated carbocycles. The number of ether oxygens (including phenoxy) is 2. The van der Waals surface area contributed by atoms with E-state index in [1.165, 1.54) is 0 Å². The molecule has 4 nitrogen and oxygen atoms in total. The zero-order valence-corrected chi connectivity index (χ0v) is 9.71. The Labute approximate surface area is 91.2 Å². The summed E-state index contributed by atoms with van der Waals surface area (Å²) >= 11 is 0. The third-order valence-electron chi connectivity index (χ3n) is 2.06. The lowest BCUT2D eigenvalue weighted by Gasteiger charge is -2.21. The Morgan fingerprint density at radius 2 is 2.07 bits per heavy atom. The van der Waals surface area contributed by atoms with E-state index in [0.29, 0.717) is 6.42 Å². The molecule has 0 aliphatic carbocycles. The van der Waals surface area contributed by atoms with Gasteiger partial charge in [-0.15, -0.1) is 0 Å². The van der Waals surface area contributed by atoms with Crippen LogP contribution in [0.25, 0.3) is 0 Å². The van der Waals surface area contributed by atoms with Crippen LogP contribution in [0, 0.1) is 11.3 Å². The highest BCUT2D eigenvalue weighted by molar-refractivity contribution is 5.60. The summed E-state index contributed by atoms with van der Waals surface area (Å²) < 4.78 is 9.59.